The minimum atomic E-state index is 0.535. The van der Waals surface area contributed by atoms with Crippen LogP contribution in [0.5, 0.6) is 5.75 Å². The summed E-state index contributed by atoms with van der Waals surface area (Å²) < 4.78 is 6.27. The maximum atomic E-state index is 5.15. The lowest BCUT2D eigenvalue weighted by molar-refractivity contribution is 0.415. The predicted octanol–water partition coefficient (Wildman–Crippen LogP) is 2.96. The first-order chi connectivity index (χ1) is 6.70. The summed E-state index contributed by atoms with van der Waals surface area (Å²) in [6.07, 6.45) is 0. The van der Waals surface area contributed by atoms with E-state index in [1.165, 1.54) is 0 Å². The van der Waals surface area contributed by atoms with Crippen LogP contribution in [0, 0.1) is 9.41 Å². The van der Waals surface area contributed by atoms with Crippen molar-refractivity contribution in [1.82, 2.24) is 9.97 Å². The summed E-state index contributed by atoms with van der Waals surface area (Å²) in [6.45, 7) is 0. The van der Waals surface area contributed by atoms with Gasteiger partial charge in [0, 0.05) is 5.39 Å². The van der Waals surface area contributed by atoms with Crippen molar-refractivity contribution >= 4 is 35.3 Å². The Kier molecular flexibility index (Phi) is 2.35. The molecule has 0 aliphatic heterocycles. The smallest absolute Gasteiger partial charge is 0.175 e. The van der Waals surface area contributed by atoms with E-state index in [2.05, 4.69) is 9.97 Å². The zero-order valence-corrected chi connectivity index (χ0v) is 9.09. The van der Waals surface area contributed by atoms with E-state index in [1.807, 2.05) is 18.2 Å². The lowest BCUT2D eigenvalue weighted by Gasteiger charge is -2.02. The van der Waals surface area contributed by atoms with Gasteiger partial charge in [0.25, 0.3) is 0 Å². The van der Waals surface area contributed by atoms with Gasteiger partial charge in [-0.25, -0.2) is 0 Å². The third-order valence-corrected chi connectivity index (χ3v) is 2.47. The average Bonchev–Trinajstić information content (AvgIpc) is 2.17. The summed E-state index contributed by atoms with van der Waals surface area (Å²) >= 11 is 10.1. The number of aromatic amines is 2. The minimum absolute atomic E-state index is 0.535. The van der Waals surface area contributed by atoms with Crippen molar-refractivity contribution in [3.63, 3.8) is 0 Å². The Hall–Kier alpha value is -1.20. The molecule has 0 atom stereocenters. The summed E-state index contributed by atoms with van der Waals surface area (Å²) in [5.74, 6) is 0.780. The molecule has 2 rings (SSSR count). The first-order valence-corrected chi connectivity index (χ1v) is 4.83. The van der Waals surface area contributed by atoms with E-state index in [0.717, 1.165) is 16.7 Å². The Morgan fingerprint density at radius 1 is 1.21 bits per heavy atom. The molecule has 1 heterocycles. The van der Waals surface area contributed by atoms with Crippen molar-refractivity contribution in [2.75, 3.05) is 7.11 Å². The number of H-pyrrole nitrogens is 2. The van der Waals surface area contributed by atoms with Crippen LogP contribution in [-0.2, 0) is 0 Å². The fraction of sp³-hybridized carbons (Fsp3) is 0.111. The van der Waals surface area contributed by atoms with Crippen molar-refractivity contribution in [2.24, 2.45) is 0 Å². The van der Waals surface area contributed by atoms with Crippen LogP contribution >= 0.6 is 24.4 Å². The molecule has 0 spiro atoms. The largest absolute Gasteiger partial charge is 0.497 e. The van der Waals surface area contributed by atoms with Gasteiger partial charge in [-0.1, -0.05) is 12.2 Å². The van der Waals surface area contributed by atoms with E-state index in [9.17, 15) is 0 Å². The lowest BCUT2D eigenvalue weighted by Crippen LogP contribution is -1.88. The van der Waals surface area contributed by atoms with Gasteiger partial charge in [0.05, 0.1) is 12.6 Å². The second kappa shape index (κ2) is 3.51. The van der Waals surface area contributed by atoms with Gasteiger partial charge in [-0.05, 0) is 30.4 Å². The van der Waals surface area contributed by atoms with Crippen LogP contribution in [0.4, 0.5) is 0 Å². The Bertz CT molecular complexity index is 585. The van der Waals surface area contributed by atoms with Gasteiger partial charge in [-0.2, -0.15) is 0 Å². The number of rotatable bonds is 1. The van der Waals surface area contributed by atoms with E-state index in [4.69, 9.17) is 29.2 Å². The third-order valence-electron chi connectivity index (χ3n) is 1.95. The van der Waals surface area contributed by atoms with Gasteiger partial charge in [0.2, 0.25) is 0 Å². The SMILES string of the molecule is COc1ccc2[nH]c(=S)[nH]c(=S)c2c1. The summed E-state index contributed by atoms with van der Waals surface area (Å²) in [6, 6.07) is 5.63. The Morgan fingerprint density at radius 2 is 2.00 bits per heavy atom. The molecule has 1 aromatic carbocycles. The summed E-state index contributed by atoms with van der Waals surface area (Å²) in [5.41, 5.74) is 0.916. The van der Waals surface area contributed by atoms with Crippen LogP contribution in [0.25, 0.3) is 10.9 Å². The number of ether oxygens (including phenoxy) is 1. The zero-order chi connectivity index (χ0) is 10.1. The fourth-order valence-corrected chi connectivity index (χ4v) is 1.82. The van der Waals surface area contributed by atoms with Gasteiger partial charge in [-0.3, -0.25) is 0 Å². The molecule has 0 aliphatic carbocycles. The van der Waals surface area contributed by atoms with Crippen molar-refractivity contribution < 1.29 is 4.74 Å². The molecule has 0 unspecified atom stereocenters. The second-order valence-corrected chi connectivity index (χ2v) is 3.64. The van der Waals surface area contributed by atoms with E-state index in [1.54, 1.807) is 7.11 Å². The topological polar surface area (TPSA) is 40.8 Å². The van der Waals surface area contributed by atoms with Crippen LogP contribution < -0.4 is 4.74 Å². The maximum Gasteiger partial charge on any atom is 0.175 e. The van der Waals surface area contributed by atoms with Crippen molar-refractivity contribution in [3.8, 4) is 5.75 Å². The van der Waals surface area contributed by atoms with Gasteiger partial charge in [0.15, 0.2) is 4.77 Å². The minimum Gasteiger partial charge on any atom is -0.497 e. The summed E-state index contributed by atoms with van der Waals surface area (Å²) in [4.78, 5) is 5.90. The Balaban J connectivity index is 2.89. The molecule has 0 bridgehead atoms. The molecule has 0 amide bonds. The molecule has 2 aromatic rings. The molecule has 2 N–H and O–H groups in total. The number of aromatic nitrogens is 2. The molecule has 1 aromatic heterocycles. The van der Waals surface area contributed by atoms with E-state index in [0.29, 0.717) is 9.41 Å². The monoisotopic (exact) mass is 224 g/mol. The number of nitrogens with one attached hydrogen (secondary N) is 2. The van der Waals surface area contributed by atoms with E-state index < -0.39 is 0 Å². The highest BCUT2D eigenvalue weighted by molar-refractivity contribution is 7.72. The molecule has 0 saturated heterocycles. The van der Waals surface area contributed by atoms with Crippen LogP contribution in [0.3, 0.4) is 0 Å². The van der Waals surface area contributed by atoms with Crippen LogP contribution in [-0.4, -0.2) is 17.1 Å². The third kappa shape index (κ3) is 1.56. The molecule has 0 aliphatic rings. The van der Waals surface area contributed by atoms with Crippen LogP contribution in [0.2, 0.25) is 0 Å². The number of methoxy groups -OCH3 is 1. The standard InChI is InChI=1S/C9H8N2OS2/c1-12-5-2-3-7-6(4-5)8(13)11-9(14)10-7/h2-4H,1H3,(H2,10,11,13,14). The Morgan fingerprint density at radius 3 is 2.71 bits per heavy atom. The van der Waals surface area contributed by atoms with Crippen molar-refractivity contribution in [1.29, 1.82) is 0 Å². The number of fused-ring (bicyclic) bond motifs is 1. The van der Waals surface area contributed by atoms with Gasteiger partial charge in [-0.15, -0.1) is 0 Å². The predicted molar refractivity (Wildman–Crippen MR) is 60.9 cm³/mol. The summed E-state index contributed by atoms with van der Waals surface area (Å²) in [7, 11) is 1.62. The zero-order valence-electron chi connectivity index (χ0n) is 7.46. The molecule has 0 fully saturated rings. The van der Waals surface area contributed by atoms with Gasteiger partial charge >= 0.3 is 0 Å². The molecular weight excluding hydrogens is 216 g/mol. The normalized spacial score (nSPS) is 10.4. The second-order valence-electron chi connectivity index (χ2n) is 2.82. The molecule has 14 heavy (non-hydrogen) atoms. The molecule has 5 heteroatoms. The Labute approximate surface area is 90.7 Å². The fourth-order valence-electron chi connectivity index (χ4n) is 1.27. The van der Waals surface area contributed by atoms with Crippen LogP contribution in [0.15, 0.2) is 18.2 Å². The first-order valence-electron chi connectivity index (χ1n) is 4.01. The van der Waals surface area contributed by atoms with Gasteiger partial charge < -0.3 is 14.7 Å². The summed E-state index contributed by atoms with van der Waals surface area (Å²) in [5, 5.41) is 0.910. The lowest BCUT2D eigenvalue weighted by atomic mass is 10.2. The highest BCUT2D eigenvalue weighted by Gasteiger charge is 1.98. The molecule has 3 nitrogen and oxygen atoms in total. The average molecular weight is 224 g/mol. The molecular formula is C9H8N2OS2. The molecule has 72 valence electrons. The number of benzene rings is 1. The maximum absolute atomic E-state index is 5.15. The van der Waals surface area contributed by atoms with Crippen molar-refractivity contribution in [2.45, 2.75) is 0 Å². The quantitative estimate of drug-likeness (QED) is 0.732. The van der Waals surface area contributed by atoms with Gasteiger partial charge in [0.1, 0.15) is 10.4 Å². The number of hydrogen-bond donors (Lipinski definition) is 2. The van der Waals surface area contributed by atoms with E-state index >= 15 is 0 Å². The first kappa shape index (κ1) is 9.36. The molecule has 0 radical (unpaired) electrons. The number of hydrogen-bond acceptors (Lipinski definition) is 3. The highest BCUT2D eigenvalue weighted by Crippen LogP contribution is 2.18. The van der Waals surface area contributed by atoms with E-state index in [-0.39, 0.29) is 0 Å². The molecule has 0 saturated carbocycles. The van der Waals surface area contributed by atoms with Crippen LogP contribution in [0.1, 0.15) is 0 Å². The highest BCUT2D eigenvalue weighted by atomic mass is 32.1. The van der Waals surface area contributed by atoms with Crippen molar-refractivity contribution in [3.05, 3.63) is 27.6 Å².